The molecule has 35 heavy (non-hydrogen) atoms. The first-order chi connectivity index (χ1) is 17.0. The Morgan fingerprint density at radius 1 is 1.03 bits per heavy atom. The number of carbonyl (C=O) groups is 1. The number of ether oxygens (including phenoxy) is 1. The minimum Gasteiger partial charge on any atom is -0.446 e. The number of halogens is 1. The van der Waals surface area contributed by atoms with Crippen molar-refractivity contribution in [2.24, 2.45) is 0 Å². The largest absolute Gasteiger partial charge is 0.446 e. The van der Waals surface area contributed by atoms with Gasteiger partial charge < -0.3 is 14.5 Å². The molecule has 3 aromatic rings. The Morgan fingerprint density at radius 2 is 1.80 bits per heavy atom. The molecule has 2 aliphatic rings. The summed E-state index contributed by atoms with van der Waals surface area (Å²) >= 11 is 0. The fraction of sp³-hybridized carbons (Fsp3) is 0.444. The van der Waals surface area contributed by atoms with Gasteiger partial charge in [-0.2, -0.15) is 0 Å². The number of piperidine rings is 1. The highest BCUT2D eigenvalue weighted by atomic mass is 19.1. The van der Waals surface area contributed by atoms with Gasteiger partial charge in [0.05, 0.1) is 17.2 Å². The number of hydrogen-bond acceptors (Lipinski definition) is 6. The van der Waals surface area contributed by atoms with Gasteiger partial charge in [0.15, 0.2) is 0 Å². The maximum atomic E-state index is 13.5. The molecule has 0 radical (unpaired) electrons. The zero-order valence-electron chi connectivity index (χ0n) is 20.3. The van der Waals surface area contributed by atoms with Crippen molar-refractivity contribution < 1.29 is 13.9 Å². The van der Waals surface area contributed by atoms with E-state index < -0.39 is 0 Å². The van der Waals surface area contributed by atoms with Gasteiger partial charge in [-0.15, -0.1) is 0 Å². The van der Waals surface area contributed by atoms with Gasteiger partial charge in [0.2, 0.25) is 0 Å². The summed E-state index contributed by atoms with van der Waals surface area (Å²) in [6.07, 6.45) is 3.13. The van der Waals surface area contributed by atoms with Crippen molar-refractivity contribution in [3.05, 3.63) is 66.1 Å². The van der Waals surface area contributed by atoms with E-state index in [1.807, 2.05) is 17.9 Å². The number of piperazine rings is 1. The maximum Gasteiger partial charge on any atom is 0.410 e. The van der Waals surface area contributed by atoms with Gasteiger partial charge in [-0.05, 0) is 44.4 Å². The minimum atomic E-state index is -0.324. The number of benzene rings is 2. The van der Waals surface area contributed by atoms with E-state index in [0.717, 1.165) is 38.3 Å². The van der Waals surface area contributed by atoms with E-state index in [-0.39, 0.29) is 30.1 Å². The van der Waals surface area contributed by atoms with Crippen LogP contribution in [-0.2, 0) is 11.3 Å². The summed E-state index contributed by atoms with van der Waals surface area (Å²) in [5.74, 6) is 0.415. The fourth-order valence-corrected chi connectivity index (χ4v) is 5.05. The number of carbonyl (C=O) groups excluding carboxylic acids is 1. The normalized spacial score (nSPS) is 21.9. The molecule has 2 saturated heterocycles. The van der Waals surface area contributed by atoms with Crippen LogP contribution in [0, 0.1) is 5.82 Å². The van der Waals surface area contributed by atoms with Crippen molar-refractivity contribution >= 4 is 22.9 Å². The molecule has 2 atom stereocenters. The highest BCUT2D eigenvalue weighted by Crippen LogP contribution is 2.25. The summed E-state index contributed by atoms with van der Waals surface area (Å²) in [5.41, 5.74) is 2.50. The molecule has 5 rings (SSSR count). The van der Waals surface area contributed by atoms with E-state index in [9.17, 15) is 9.18 Å². The van der Waals surface area contributed by atoms with E-state index in [0.29, 0.717) is 24.1 Å². The molecule has 0 unspecified atom stereocenters. The second-order valence-electron chi connectivity index (χ2n) is 9.71. The lowest BCUT2D eigenvalue weighted by Gasteiger charge is -2.44. The van der Waals surface area contributed by atoms with Crippen LogP contribution in [-0.4, -0.2) is 70.2 Å². The van der Waals surface area contributed by atoms with E-state index in [4.69, 9.17) is 4.74 Å². The molecular weight excluding hydrogens is 445 g/mol. The van der Waals surface area contributed by atoms with Gasteiger partial charge in [0.1, 0.15) is 17.7 Å². The van der Waals surface area contributed by atoms with Crippen molar-refractivity contribution in [1.29, 1.82) is 0 Å². The summed E-state index contributed by atoms with van der Waals surface area (Å²) < 4.78 is 19.4. The molecule has 7 nitrogen and oxygen atoms in total. The monoisotopic (exact) mass is 477 g/mol. The van der Waals surface area contributed by atoms with Crippen molar-refractivity contribution in [1.82, 2.24) is 19.8 Å². The SMILES string of the molecule is C[C@@H]1CN(c2cnc3cc(F)ccc3n2)[C@@H](C)CN1C(=O)OC1CCN(Cc2ccccc2)CC1. The zero-order valence-corrected chi connectivity index (χ0v) is 20.3. The molecular formula is C27H32FN5O2. The number of likely N-dealkylation sites (tertiary alicyclic amines) is 1. The van der Waals surface area contributed by atoms with E-state index in [1.54, 1.807) is 12.3 Å². The average Bonchev–Trinajstić information content (AvgIpc) is 2.86. The molecule has 0 N–H and O–H groups in total. The quantitative estimate of drug-likeness (QED) is 0.553. The predicted octanol–water partition coefficient (Wildman–Crippen LogP) is 4.47. The summed E-state index contributed by atoms with van der Waals surface area (Å²) in [5, 5.41) is 0. The van der Waals surface area contributed by atoms with Crippen molar-refractivity contribution in [2.75, 3.05) is 31.1 Å². The van der Waals surface area contributed by atoms with Gasteiger partial charge in [0, 0.05) is 50.9 Å². The van der Waals surface area contributed by atoms with Gasteiger partial charge >= 0.3 is 6.09 Å². The van der Waals surface area contributed by atoms with Gasteiger partial charge in [-0.3, -0.25) is 9.88 Å². The van der Waals surface area contributed by atoms with E-state index >= 15 is 0 Å². The first-order valence-corrected chi connectivity index (χ1v) is 12.4. The average molecular weight is 478 g/mol. The highest BCUT2D eigenvalue weighted by Gasteiger charge is 2.35. The smallest absolute Gasteiger partial charge is 0.410 e. The Bertz CT molecular complexity index is 1170. The number of amides is 1. The number of rotatable bonds is 4. The molecule has 2 aromatic carbocycles. The minimum absolute atomic E-state index is 0.0254. The van der Waals surface area contributed by atoms with Crippen molar-refractivity contribution in [2.45, 2.75) is 51.4 Å². The molecule has 8 heteroatoms. The second-order valence-corrected chi connectivity index (χ2v) is 9.71. The molecule has 2 aliphatic heterocycles. The number of hydrogen-bond donors (Lipinski definition) is 0. The van der Waals surface area contributed by atoms with Gasteiger partial charge in [-0.25, -0.2) is 14.2 Å². The van der Waals surface area contributed by atoms with Gasteiger partial charge in [-0.1, -0.05) is 30.3 Å². The lowest BCUT2D eigenvalue weighted by atomic mass is 10.1. The number of aromatic nitrogens is 2. The lowest BCUT2D eigenvalue weighted by Crippen LogP contribution is -2.59. The van der Waals surface area contributed by atoms with Crippen LogP contribution in [0.2, 0.25) is 0 Å². The molecule has 1 aromatic heterocycles. The van der Waals surface area contributed by atoms with Crippen LogP contribution in [0.4, 0.5) is 15.0 Å². The van der Waals surface area contributed by atoms with Crippen LogP contribution in [0.15, 0.2) is 54.7 Å². The molecule has 0 saturated carbocycles. The Hall–Kier alpha value is -3.26. The number of fused-ring (bicyclic) bond motifs is 1. The van der Waals surface area contributed by atoms with Crippen molar-refractivity contribution in [3.63, 3.8) is 0 Å². The van der Waals surface area contributed by atoms with E-state index in [2.05, 4.69) is 51.0 Å². The molecule has 3 heterocycles. The molecule has 0 bridgehead atoms. The maximum absolute atomic E-state index is 13.5. The molecule has 184 valence electrons. The summed E-state index contributed by atoms with van der Waals surface area (Å²) in [4.78, 5) is 28.5. The lowest BCUT2D eigenvalue weighted by molar-refractivity contribution is 0.0166. The molecule has 1 amide bonds. The number of nitrogens with zero attached hydrogens (tertiary/aromatic N) is 5. The van der Waals surface area contributed by atoms with Crippen LogP contribution < -0.4 is 4.90 Å². The number of anilines is 1. The first-order valence-electron chi connectivity index (χ1n) is 12.4. The van der Waals surface area contributed by atoms with Crippen molar-refractivity contribution in [3.8, 4) is 0 Å². The zero-order chi connectivity index (χ0) is 24.4. The third kappa shape index (κ3) is 5.37. The van der Waals surface area contributed by atoms with Crippen LogP contribution in [0.25, 0.3) is 11.0 Å². The Morgan fingerprint density at radius 3 is 2.57 bits per heavy atom. The van der Waals surface area contributed by atoms with Crippen LogP contribution in [0.5, 0.6) is 0 Å². The summed E-state index contributed by atoms with van der Waals surface area (Å²) in [6.45, 7) is 8.08. The topological polar surface area (TPSA) is 61.8 Å². The first kappa shape index (κ1) is 23.5. The Balaban J connectivity index is 1.15. The van der Waals surface area contributed by atoms with Crippen LogP contribution in [0.1, 0.15) is 32.3 Å². The highest BCUT2D eigenvalue weighted by molar-refractivity contribution is 5.75. The summed E-state index contributed by atoms with van der Waals surface area (Å²) in [7, 11) is 0. The summed E-state index contributed by atoms with van der Waals surface area (Å²) in [6, 6.07) is 14.9. The molecule has 0 spiro atoms. The molecule has 0 aliphatic carbocycles. The third-order valence-electron chi connectivity index (χ3n) is 7.06. The second kappa shape index (κ2) is 10.2. The van der Waals surface area contributed by atoms with Crippen LogP contribution >= 0.6 is 0 Å². The van der Waals surface area contributed by atoms with Gasteiger partial charge in [0.25, 0.3) is 0 Å². The third-order valence-corrected chi connectivity index (χ3v) is 7.06. The standard InChI is InChI=1S/C27H32FN5O2/c1-19-17-33(20(2)16-32(19)26-15-29-25-14-22(28)8-9-24(25)30-26)27(34)35-23-10-12-31(13-11-23)18-21-6-4-3-5-7-21/h3-9,14-15,19-20,23H,10-13,16-18H2,1-2H3/t19-,20+/m0/s1. The fourth-order valence-electron chi connectivity index (χ4n) is 5.05. The Labute approximate surface area is 205 Å². The predicted molar refractivity (Wildman–Crippen MR) is 134 cm³/mol. The van der Waals surface area contributed by atoms with E-state index in [1.165, 1.54) is 17.7 Å². The Kier molecular flexibility index (Phi) is 6.81. The van der Waals surface area contributed by atoms with Crippen LogP contribution in [0.3, 0.4) is 0 Å². The molecule has 2 fully saturated rings.